The molecule has 4 nitrogen and oxygen atoms in total. The first-order chi connectivity index (χ1) is 11.8. The van der Waals surface area contributed by atoms with Crippen molar-refractivity contribution in [1.29, 1.82) is 0 Å². The predicted molar refractivity (Wildman–Crippen MR) is 98.7 cm³/mol. The standard InChI is InChI=1S/C21H25NO3/c1-13-6-7-15(3)19(10-13)21(24)25-12-20(23)22-17(5)18-9-8-14(2)16(4)11-18/h6-11,17H,12H2,1-5H3,(H,22,23). The molecule has 1 unspecified atom stereocenters. The van der Waals surface area contributed by atoms with Gasteiger partial charge in [0.05, 0.1) is 11.6 Å². The van der Waals surface area contributed by atoms with E-state index in [1.165, 1.54) is 11.1 Å². The van der Waals surface area contributed by atoms with Gasteiger partial charge in [-0.2, -0.15) is 0 Å². The van der Waals surface area contributed by atoms with Crippen LogP contribution in [-0.4, -0.2) is 18.5 Å². The molecule has 0 aliphatic heterocycles. The van der Waals surface area contributed by atoms with Crippen molar-refractivity contribution in [1.82, 2.24) is 5.32 Å². The summed E-state index contributed by atoms with van der Waals surface area (Å²) in [5.74, 6) is -0.792. The molecule has 2 aromatic rings. The average molecular weight is 339 g/mol. The maximum atomic E-state index is 12.2. The van der Waals surface area contributed by atoms with Crippen LogP contribution in [0.25, 0.3) is 0 Å². The normalized spacial score (nSPS) is 11.7. The second-order valence-electron chi connectivity index (χ2n) is 6.53. The zero-order chi connectivity index (χ0) is 18.6. The third-order valence-corrected chi connectivity index (χ3v) is 4.36. The van der Waals surface area contributed by atoms with Crippen LogP contribution in [0, 0.1) is 27.7 Å². The van der Waals surface area contributed by atoms with Gasteiger partial charge in [-0.3, -0.25) is 4.79 Å². The highest BCUT2D eigenvalue weighted by Gasteiger charge is 2.15. The van der Waals surface area contributed by atoms with Gasteiger partial charge in [-0.15, -0.1) is 0 Å². The molecule has 2 aromatic carbocycles. The Morgan fingerprint density at radius 1 is 0.960 bits per heavy atom. The summed E-state index contributed by atoms with van der Waals surface area (Å²) in [7, 11) is 0. The SMILES string of the molecule is Cc1ccc(C)c(C(=O)OCC(=O)NC(C)c2ccc(C)c(C)c2)c1. The number of amides is 1. The summed E-state index contributed by atoms with van der Waals surface area (Å²) in [6.07, 6.45) is 0. The molecule has 132 valence electrons. The van der Waals surface area contributed by atoms with E-state index in [4.69, 9.17) is 4.74 Å². The number of rotatable bonds is 5. The largest absolute Gasteiger partial charge is 0.452 e. The van der Waals surface area contributed by atoms with Crippen LogP contribution in [0.3, 0.4) is 0 Å². The Hall–Kier alpha value is -2.62. The number of esters is 1. The lowest BCUT2D eigenvalue weighted by atomic mass is 10.0. The Balaban J connectivity index is 1.92. The molecular formula is C21H25NO3. The van der Waals surface area contributed by atoms with Crippen LogP contribution in [0.2, 0.25) is 0 Å². The summed E-state index contributed by atoms with van der Waals surface area (Å²) in [5.41, 5.74) is 5.72. The number of aryl methyl sites for hydroxylation is 4. The minimum atomic E-state index is -0.477. The zero-order valence-corrected chi connectivity index (χ0v) is 15.5. The highest BCUT2D eigenvalue weighted by atomic mass is 16.5. The molecule has 0 aromatic heterocycles. The number of hydrogen-bond donors (Lipinski definition) is 1. The lowest BCUT2D eigenvalue weighted by molar-refractivity contribution is -0.124. The van der Waals surface area contributed by atoms with E-state index in [2.05, 4.69) is 18.3 Å². The molecule has 0 aliphatic rings. The summed E-state index contributed by atoms with van der Waals surface area (Å²) in [6, 6.07) is 11.5. The van der Waals surface area contributed by atoms with Gasteiger partial charge in [0.25, 0.3) is 5.91 Å². The highest BCUT2D eigenvalue weighted by Crippen LogP contribution is 2.17. The quantitative estimate of drug-likeness (QED) is 0.839. The fourth-order valence-electron chi connectivity index (χ4n) is 2.57. The molecule has 1 amide bonds. The molecule has 1 N–H and O–H groups in total. The monoisotopic (exact) mass is 339 g/mol. The predicted octanol–water partition coefficient (Wildman–Crippen LogP) is 3.95. The van der Waals surface area contributed by atoms with Gasteiger partial charge in [0.1, 0.15) is 0 Å². The molecule has 0 fully saturated rings. The van der Waals surface area contributed by atoms with E-state index in [9.17, 15) is 9.59 Å². The molecule has 2 rings (SSSR count). The second-order valence-corrected chi connectivity index (χ2v) is 6.53. The van der Waals surface area contributed by atoms with Gasteiger partial charge >= 0.3 is 5.97 Å². The van der Waals surface area contributed by atoms with Crippen LogP contribution < -0.4 is 5.32 Å². The van der Waals surface area contributed by atoms with Crippen molar-refractivity contribution in [2.75, 3.05) is 6.61 Å². The first kappa shape index (κ1) is 18.7. The van der Waals surface area contributed by atoms with Crippen molar-refractivity contribution in [2.24, 2.45) is 0 Å². The topological polar surface area (TPSA) is 55.4 Å². The Bertz CT molecular complexity index is 796. The summed E-state index contributed by atoms with van der Waals surface area (Å²) in [4.78, 5) is 24.2. The molecule has 0 saturated heterocycles. The minimum absolute atomic E-state index is 0.147. The van der Waals surface area contributed by atoms with Crippen molar-refractivity contribution in [3.8, 4) is 0 Å². The molecular weight excluding hydrogens is 314 g/mol. The molecule has 25 heavy (non-hydrogen) atoms. The smallest absolute Gasteiger partial charge is 0.338 e. The first-order valence-corrected chi connectivity index (χ1v) is 8.39. The van der Waals surface area contributed by atoms with E-state index in [1.807, 2.05) is 52.0 Å². The van der Waals surface area contributed by atoms with E-state index >= 15 is 0 Å². The van der Waals surface area contributed by atoms with E-state index in [0.717, 1.165) is 16.7 Å². The fraction of sp³-hybridized carbons (Fsp3) is 0.333. The van der Waals surface area contributed by atoms with Gasteiger partial charge in [0.2, 0.25) is 0 Å². The maximum Gasteiger partial charge on any atom is 0.338 e. The molecule has 0 spiro atoms. The molecule has 1 atom stereocenters. The lowest BCUT2D eigenvalue weighted by Gasteiger charge is -2.16. The Kier molecular flexibility index (Phi) is 5.97. The van der Waals surface area contributed by atoms with Crippen molar-refractivity contribution >= 4 is 11.9 Å². The number of ether oxygens (including phenoxy) is 1. The highest BCUT2D eigenvalue weighted by molar-refractivity contribution is 5.92. The van der Waals surface area contributed by atoms with Gasteiger partial charge in [0.15, 0.2) is 6.61 Å². The van der Waals surface area contributed by atoms with Crippen LogP contribution in [0.5, 0.6) is 0 Å². The van der Waals surface area contributed by atoms with Crippen LogP contribution in [0.4, 0.5) is 0 Å². The van der Waals surface area contributed by atoms with E-state index in [1.54, 1.807) is 6.07 Å². The number of nitrogens with one attached hydrogen (secondary N) is 1. The average Bonchev–Trinajstić information content (AvgIpc) is 2.57. The number of carbonyl (C=O) groups excluding carboxylic acids is 2. The van der Waals surface area contributed by atoms with Gasteiger partial charge in [-0.1, -0.05) is 35.9 Å². The number of hydrogen-bond acceptors (Lipinski definition) is 3. The molecule has 4 heteroatoms. The maximum absolute atomic E-state index is 12.2. The van der Waals surface area contributed by atoms with E-state index in [0.29, 0.717) is 5.56 Å². The Morgan fingerprint density at radius 3 is 2.32 bits per heavy atom. The minimum Gasteiger partial charge on any atom is -0.452 e. The van der Waals surface area contributed by atoms with Crippen LogP contribution >= 0.6 is 0 Å². The summed E-state index contributed by atoms with van der Waals surface area (Å²) < 4.78 is 5.15. The molecule has 0 saturated carbocycles. The van der Waals surface area contributed by atoms with Crippen molar-refractivity contribution in [3.05, 3.63) is 69.8 Å². The lowest BCUT2D eigenvalue weighted by Crippen LogP contribution is -2.31. The molecule has 0 heterocycles. The van der Waals surface area contributed by atoms with Crippen LogP contribution in [0.15, 0.2) is 36.4 Å². The summed E-state index contributed by atoms with van der Waals surface area (Å²) in [6.45, 7) is 9.47. The fourth-order valence-corrected chi connectivity index (χ4v) is 2.57. The van der Waals surface area contributed by atoms with E-state index in [-0.39, 0.29) is 18.6 Å². The summed E-state index contributed by atoms with van der Waals surface area (Å²) >= 11 is 0. The van der Waals surface area contributed by atoms with Crippen molar-refractivity contribution < 1.29 is 14.3 Å². The van der Waals surface area contributed by atoms with Crippen molar-refractivity contribution in [2.45, 2.75) is 40.7 Å². The Labute approximate surface area is 149 Å². The van der Waals surface area contributed by atoms with Gasteiger partial charge in [-0.25, -0.2) is 4.79 Å². The first-order valence-electron chi connectivity index (χ1n) is 8.39. The van der Waals surface area contributed by atoms with Crippen LogP contribution in [0.1, 0.15) is 51.1 Å². The third-order valence-electron chi connectivity index (χ3n) is 4.36. The van der Waals surface area contributed by atoms with Gasteiger partial charge in [0, 0.05) is 0 Å². The van der Waals surface area contributed by atoms with Crippen molar-refractivity contribution in [3.63, 3.8) is 0 Å². The third kappa shape index (κ3) is 4.92. The molecule has 0 radical (unpaired) electrons. The second kappa shape index (κ2) is 7.97. The zero-order valence-electron chi connectivity index (χ0n) is 15.5. The van der Waals surface area contributed by atoms with Gasteiger partial charge < -0.3 is 10.1 Å². The number of benzene rings is 2. The van der Waals surface area contributed by atoms with Crippen LogP contribution in [-0.2, 0) is 9.53 Å². The Morgan fingerprint density at radius 2 is 1.64 bits per heavy atom. The number of carbonyl (C=O) groups is 2. The van der Waals surface area contributed by atoms with Gasteiger partial charge in [-0.05, 0) is 62.9 Å². The summed E-state index contributed by atoms with van der Waals surface area (Å²) in [5, 5.41) is 2.86. The molecule has 0 aliphatic carbocycles. The molecule has 0 bridgehead atoms. The van der Waals surface area contributed by atoms with E-state index < -0.39 is 5.97 Å².